The van der Waals surface area contributed by atoms with Crippen molar-refractivity contribution >= 4 is 72.7 Å². The minimum atomic E-state index is -3.86. The summed E-state index contributed by atoms with van der Waals surface area (Å²) in [6.45, 7) is -0.232. The van der Waals surface area contributed by atoms with Gasteiger partial charge in [-0.25, -0.2) is 13.6 Å². The van der Waals surface area contributed by atoms with Gasteiger partial charge in [-0.1, -0.05) is 46.3 Å². The molecule has 1 aliphatic rings. The summed E-state index contributed by atoms with van der Waals surface area (Å²) >= 11 is 4.60. The lowest BCUT2D eigenvalue weighted by Crippen LogP contribution is -2.28. The van der Waals surface area contributed by atoms with Crippen LogP contribution in [0.15, 0.2) is 144 Å². The van der Waals surface area contributed by atoms with Gasteiger partial charge in [-0.15, -0.1) is 5.10 Å². The molecule has 2 heterocycles. The van der Waals surface area contributed by atoms with E-state index >= 15 is 0 Å². The summed E-state index contributed by atoms with van der Waals surface area (Å²) in [6.07, 6.45) is 4.76. The third kappa shape index (κ3) is 9.61. The number of amides is 2. The van der Waals surface area contributed by atoms with E-state index in [-0.39, 0.29) is 24.0 Å². The molecule has 0 radical (unpaired) electrons. The average molecular weight is 787 g/mol. The van der Waals surface area contributed by atoms with Crippen molar-refractivity contribution in [2.75, 3.05) is 11.9 Å². The fraction of sp³-hybridized carbons (Fsp3) is 0.0556. The molecule has 2 amide bonds. The van der Waals surface area contributed by atoms with Crippen LogP contribution in [0.2, 0.25) is 0 Å². The number of sulfonamides is 1. The van der Waals surface area contributed by atoms with Crippen LogP contribution in [0.1, 0.15) is 16.9 Å². The second kappa shape index (κ2) is 16.0. The van der Waals surface area contributed by atoms with Crippen LogP contribution in [0.5, 0.6) is 17.2 Å². The molecule has 0 saturated carbocycles. The number of carbonyl (C=O) groups excluding carboxylic acids is 2. The van der Waals surface area contributed by atoms with E-state index in [1.165, 1.54) is 35.4 Å². The Morgan fingerprint density at radius 1 is 0.961 bits per heavy atom. The minimum absolute atomic E-state index is 0.0780. The first-order valence-corrected chi connectivity index (χ1v) is 18.3. The maximum absolute atomic E-state index is 13.7. The molecular weight excluding hydrogens is 758 g/mol. The van der Waals surface area contributed by atoms with Crippen LogP contribution < -0.4 is 19.9 Å². The third-order valence-electron chi connectivity index (χ3n) is 7.05. The Balaban J connectivity index is 1.19. The highest BCUT2D eigenvalue weighted by Gasteiger charge is 2.34. The predicted molar refractivity (Wildman–Crippen MR) is 199 cm³/mol. The number of benzene rings is 4. The Bertz CT molecular complexity index is 2240. The van der Waals surface area contributed by atoms with E-state index in [0.717, 1.165) is 21.8 Å². The molecule has 0 atom stereocenters. The SMILES string of the molecule is NS(=O)(=O)c1ccc(NC(=O)COc2ccc(Br)cc2/C=C2\S/C(=N/N=C\c3cccc(Oc4ccccc4)c3)N(Cc3ccco3)C2=O)cc1. The molecule has 1 aromatic heterocycles. The number of nitrogens with zero attached hydrogens (tertiary/aromatic N) is 3. The molecule has 4 aromatic carbocycles. The molecule has 0 bridgehead atoms. The summed E-state index contributed by atoms with van der Waals surface area (Å²) < 4.78 is 41.0. The van der Waals surface area contributed by atoms with Crippen molar-refractivity contribution in [3.05, 3.63) is 142 Å². The fourth-order valence-electron chi connectivity index (χ4n) is 4.68. The van der Waals surface area contributed by atoms with E-state index in [1.54, 1.807) is 42.6 Å². The van der Waals surface area contributed by atoms with Gasteiger partial charge in [0.25, 0.3) is 11.8 Å². The van der Waals surface area contributed by atoms with Crippen molar-refractivity contribution in [2.24, 2.45) is 15.3 Å². The molecular formula is C36H28BrN5O7S2. The van der Waals surface area contributed by atoms with Crippen molar-refractivity contribution in [1.29, 1.82) is 0 Å². The standard InChI is InChI=1S/C36H28BrN5O7S2/c37-26-11-16-32(48-23-34(43)40-27-12-14-31(15-13-27)51(38,45)46)25(19-26)20-33-35(44)42(22-30-10-5-17-47-30)36(50-33)41-39-21-24-6-4-9-29(18-24)49-28-7-2-1-3-8-28/h1-21H,22-23H2,(H,40,43)(H2,38,45,46)/b33-20-,39-21-,41-36+. The number of rotatable bonds is 12. The summed E-state index contributed by atoms with van der Waals surface area (Å²) in [5, 5.41) is 16.8. The number of hydrogen-bond acceptors (Lipinski definition) is 10. The molecule has 0 unspecified atom stereocenters. The normalized spacial score (nSPS) is 14.8. The lowest BCUT2D eigenvalue weighted by atomic mass is 10.2. The van der Waals surface area contributed by atoms with Crippen molar-refractivity contribution in [3.63, 3.8) is 0 Å². The predicted octanol–water partition coefficient (Wildman–Crippen LogP) is 7.01. The number of carbonyl (C=O) groups is 2. The fourth-order valence-corrected chi connectivity index (χ4v) is 6.50. The van der Waals surface area contributed by atoms with Crippen LogP contribution >= 0.6 is 27.7 Å². The second-order valence-electron chi connectivity index (χ2n) is 10.8. The van der Waals surface area contributed by atoms with Crippen LogP contribution in [0, 0.1) is 0 Å². The Morgan fingerprint density at radius 3 is 2.49 bits per heavy atom. The molecule has 15 heteroatoms. The van der Waals surface area contributed by atoms with Gasteiger partial charge in [0.2, 0.25) is 10.0 Å². The molecule has 1 aliphatic heterocycles. The van der Waals surface area contributed by atoms with Crippen LogP contribution in [-0.4, -0.2) is 43.1 Å². The molecule has 258 valence electrons. The Morgan fingerprint density at radius 2 is 1.75 bits per heavy atom. The van der Waals surface area contributed by atoms with Gasteiger partial charge in [0.1, 0.15) is 23.0 Å². The van der Waals surface area contributed by atoms with Crippen molar-refractivity contribution < 1.29 is 31.9 Å². The minimum Gasteiger partial charge on any atom is -0.483 e. The Hall–Kier alpha value is -5.48. The summed E-state index contributed by atoms with van der Waals surface area (Å²) in [5.74, 6) is 1.44. The number of thioether (sulfide) groups is 1. The first kappa shape index (κ1) is 35.3. The number of primary sulfonamides is 1. The smallest absolute Gasteiger partial charge is 0.267 e. The molecule has 6 rings (SSSR count). The van der Waals surface area contributed by atoms with Crippen molar-refractivity contribution in [3.8, 4) is 17.2 Å². The van der Waals surface area contributed by atoms with Crippen molar-refractivity contribution in [1.82, 2.24) is 4.90 Å². The van der Waals surface area contributed by atoms with Crippen LogP contribution in [0.25, 0.3) is 6.08 Å². The number of hydrogen-bond donors (Lipinski definition) is 2. The maximum atomic E-state index is 13.7. The highest BCUT2D eigenvalue weighted by atomic mass is 79.9. The quantitative estimate of drug-likeness (QED) is 0.0775. The van der Waals surface area contributed by atoms with E-state index in [1.807, 2.05) is 54.6 Å². The van der Waals surface area contributed by atoms with E-state index in [9.17, 15) is 18.0 Å². The Labute approximate surface area is 305 Å². The molecule has 0 spiro atoms. The van der Waals surface area contributed by atoms with Gasteiger partial charge in [-0.05, 0) is 102 Å². The van der Waals surface area contributed by atoms with Gasteiger partial charge in [0.15, 0.2) is 11.8 Å². The third-order valence-corrected chi connectivity index (χ3v) is 9.47. The van der Waals surface area contributed by atoms with Gasteiger partial charge in [0.05, 0.1) is 28.8 Å². The van der Waals surface area contributed by atoms with Crippen molar-refractivity contribution in [2.45, 2.75) is 11.4 Å². The molecule has 3 N–H and O–H groups in total. The van der Waals surface area contributed by atoms with Crippen LogP contribution in [0.4, 0.5) is 5.69 Å². The van der Waals surface area contributed by atoms with Gasteiger partial charge in [-0.3, -0.25) is 14.5 Å². The number of para-hydroxylation sites is 1. The summed E-state index contributed by atoms with van der Waals surface area (Å²) in [6, 6.07) is 30.9. The zero-order valence-corrected chi connectivity index (χ0v) is 29.7. The zero-order valence-electron chi connectivity index (χ0n) is 26.5. The molecule has 12 nitrogen and oxygen atoms in total. The largest absolute Gasteiger partial charge is 0.483 e. The monoisotopic (exact) mass is 785 g/mol. The highest BCUT2D eigenvalue weighted by Crippen LogP contribution is 2.36. The van der Waals surface area contributed by atoms with Crippen LogP contribution in [0.3, 0.4) is 0 Å². The first-order chi connectivity index (χ1) is 24.6. The van der Waals surface area contributed by atoms with E-state index in [4.69, 9.17) is 19.0 Å². The molecule has 5 aromatic rings. The molecule has 1 saturated heterocycles. The van der Waals surface area contributed by atoms with E-state index < -0.39 is 15.9 Å². The summed E-state index contributed by atoms with van der Waals surface area (Å²) in [7, 11) is -3.86. The topological polar surface area (TPSA) is 166 Å². The Kier molecular flexibility index (Phi) is 11.1. The lowest BCUT2D eigenvalue weighted by molar-refractivity contribution is -0.122. The lowest BCUT2D eigenvalue weighted by Gasteiger charge is -2.13. The number of halogens is 1. The number of nitrogens with two attached hydrogens (primary N) is 1. The van der Waals surface area contributed by atoms with Gasteiger partial charge < -0.3 is 19.2 Å². The maximum Gasteiger partial charge on any atom is 0.267 e. The highest BCUT2D eigenvalue weighted by molar-refractivity contribution is 9.10. The van der Waals surface area contributed by atoms with Gasteiger partial charge >= 0.3 is 0 Å². The number of amidine groups is 1. The number of furan rings is 1. The number of nitrogens with one attached hydrogen (secondary N) is 1. The number of ether oxygens (including phenoxy) is 2. The molecule has 0 aliphatic carbocycles. The van der Waals surface area contributed by atoms with E-state index in [2.05, 4.69) is 31.4 Å². The average Bonchev–Trinajstić information content (AvgIpc) is 3.73. The van der Waals surface area contributed by atoms with Crippen LogP contribution in [-0.2, 0) is 26.2 Å². The van der Waals surface area contributed by atoms with Gasteiger partial charge in [-0.2, -0.15) is 5.10 Å². The van der Waals surface area contributed by atoms with E-state index in [0.29, 0.717) is 44.3 Å². The summed E-state index contributed by atoms with van der Waals surface area (Å²) in [5.41, 5.74) is 1.64. The van der Waals surface area contributed by atoms with Gasteiger partial charge in [0, 0.05) is 15.7 Å². The number of anilines is 1. The molecule has 1 fully saturated rings. The molecule has 51 heavy (non-hydrogen) atoms. The summed E-state index contributed by atoms with van der Waals surface area (Å²) in [4.78, 5) is 28.1. The zero-order chi connectivity index (χ0) is 35.8. The first-order valence-electron chi connectivity index (χ1n) is 15.1. The second-order valence-corrected chi connectivity index (χ2v) is 14.3.